The monoisotopic (exact) mass is 302 g/mol. The van der Waals surface area contributed by atoms with Crippen LogP contribution in [-0.4, -0.2) is 30.6 Å². The molecule has 6 heteroatoms. The first kappa shape index (κ1) is 14.8. The van der Waals surface area contributed by atoms with Gasteiger partial charge in [0.25, 0.3) is 0 Å². The number of hydrogen-bond donors (Lipinski definition) is 1. The van der Waals surface area contributed by atoms with Crippen molar-refractivity contribution in [2.45, 2.75) is 31.6 Å². The van der Waals surface area contributed by atoms with Crippen molar-refractivity contribution in [1.29, 1.82) is 0 Å². The molecule has 2 saturated heterocycles. The molecule has 0 amide bonds. The molecule has 0 aliphatic carbocycles. The number of halogens is 4. The van der Waals surface area contributed by atoms with E-state index in [1.807, 2.05) is 4.90 Å². The predicted molar refractivity (Wildman–Crippen MR) is 71.2 cm³/mol. The van der Waals surface area contributed by atoms with Crippen molar-refractivity contribution in [2.75, 3.05) is 19.6 Å². The van der Waals surface area contributed by atoms with Crippen LogP contribution in [0.25, 0.3) is 0 Å². The van der Waals surface area contributed by atoms with E-state index in [2.05, 4.69) is 5.32 Å². The van der Waals surface area contributed by atoms with Crippen molar-refractivity contribution >= 4 is 0 Å². The number of nitrogens with one attached hydrogen (secondary N) is 1. The number of piperidine rings is 1. The minimum atomic E-state index is -4.51. The summed E-state index contributed by atoms with van der Waals surface area (Å²) < 4.78 is 52.1. The second-order valence-corrected chi connectivity index (χ2v) is 5.96. The summed E-state index contributed by atoms with van der Waals surface area (Å²) in [6.45, 7) is 2.79. The van der Waals surface area contributed by atoms with Crippen molar-refractivity contribution in [1.82, 2.24) is 10.2 Å². The SMILES string of the molecule is Fc1ccc(CN2C[C@@H]3CCCN[C@@H]3C2)c(C(F)(F)F)c1. The summed E-state index contributed by atoms with van der Waals surface area (Å²) in [6, 6.07) is 3.34. The topological polar surface area (TPSA) is 15.3 Å². The van der Waals surface area contributed by atoms with E-state index in [0.717, 1.165) is 38.5 Å². The quantitative estimate of drug-likeness (QED) is 0.845. The Morgan fingerprint density at radius 2 is 2.05 bits per heavy atom. The molecule has 0 radical (unpaired) electrons. The number of rotatable bonds is 2. The Morgan fingerprint density at radius 1 is 1.24 bits per heavy atom. The Kier molecular flexibility index (Phi) is 3.92. The van der Waals surface area contributed by atoms with E-state index in [1.165, 1.54) is 6.07 Å². The minimum Gasteiger partial charge on any atom is -0.312 e. The zero-order chi connectivity index (χ0) is 15.0. The molecule has 21 heavy (non-hydrogen) atoms. The fraction of sp³-hybridized carbons (Fsp3) is 0.600. The number of likely N-dealkylation sites (tertiary alicyclic amines) is 1. The van der Waals surface area contributed by atoms with E-state index in [9.17, 15) is 17.6 Å². The molecule has 1 aromatic carbocycles. The highest BCUT2D eigenvalue weighted by Crippen LogP contribution is 2.34. The number of benzene rings is 1. The summed E-state index contributed by atoms with van der Waals surface area (Å²) in [5.41, 5.74) is -0.701. The average molecular weight is 302 g/mol. The molecule has 116 valence electrons. The second kappa shape index (κ2) is 5.57. The van der Waals surface area contributed by atoms with Gasteiger partial charge >= 0.3 is 6.18 Å². The van der Waals surface area contributed by atoms with Crippen molar-refractivity contribution in [3.05, 3.63) is 35.1 Å². The van der Waals surface area contributed by atoms with Crippen LogP contribution in [0, 0.1) is 11.7 Å². The number of fused-ring (bicyclic) bond motifs is 1. The maximum Gasteiger partial charge on any atom is 0.416 e. The van der Waals surface area contributed by atoms with Crippen LogP contribution < -0.4 is 5.32 Å². The summed E-state index contributed by atoms with van der Waals surface area (Å²) in [4.78, 5) is 2.04. The number of alkyl halides is 3. The van der Waals surface area contributed by atoms with E-state index in [1.54, 1.807) is 0 Å². The summed E-state index contributed by atoms with van der Waals surface area (Å²) >= 11 is 0. The molecule has 2 nitrogen and oxygen atoms in total. The van der Waals surface area contributed by atoms with Crippen LogP contribution in [0.2, 0.25) is 0 Å². The first-order valence-electron chi connectivity index (χ1n) is 7.25. The van der Waals surface area contributed by atoms with Crippen LogP contribution in [0.15, 0.2) is 18.2 Å². The summed E-state index contributed by atoms with van der Waals surface area (Å²) in [5, 5.41) is 3.43. The average Bonchev–Trinajstić information content (AvgIpc) is 2.82. The molecular formula is C15H18F4N2. The van der Waals surface area contributed by atoms with Gasteiger partial charge in [-0.05, 0) is 43.0 Å². The summed E-state index contributed by atoms with van der Waals surface area (Å²) in [5.74, 6) is -0.323. The van der Waals surface area contributed by atoms with Gasteiger partial charge in [-0.3, -0.25) is 4.90 Å². The van der Waals surface area contributed by atoms with Gasteiger partial charge in [0.05, 0.1) is 5.56 Å². The molecule has 0 spiro atoms. The first-order valence-corrected chi connectivity index (χ1v) is 7.25. The third kappa shape index (κ3) is 3.21. The van der Waals surface area contributed by atoms with Gasteiger partial charge in [0.2, 0.25) is 0 Å². The molecule has 0 aromatic heterocycles. The van der Waals surface area contributed by atoms with Gasteiger partial charge in [0.15, 0.2) is 0 Å². The minimum absolute atomic E-state index is 0.155. The number of nitrogens with zero attached hydrogens (tertiary/aromatic N) is 1. The molecular weight excluding hydrogens is 284 g/mol. The smallest absolute Gasteiger partial charge is 0.312 e. The van der Waals surface area contributed by atoms with Crippen LogP contribution in [0.4, 0.5) is 17.6 Å². The Morgan fingerprint density at radius 3 is 2.76 bits per heavy atom. The molecule has 1 aromatic rings. The van der Waals surface area contributed by atoms with Gasteiger partial charge in [-0.2, -0.15) is 13.2 Å². The highest BCUT2D eigenvalue weighted by atomic mass is 19.4. The first-order chi connectivity index (χ1) is 9.93. The fourth-order valence-electron chi connectivity index (χ4n) is 3.46. The number of hydrogen-bond acceptors (Lipinski definition) is 2. The lowest BCUT2D eigenvalue weighted by Gasteiger charge is -2.24. The fourth-order valence-corrected chi connectivity index (χ4v) is 3.46. The molecule has 2 aliphatic heterocycles. The summed E-state index contributed by atoms with van der Waals surface area (Å²) in [7, 11) is 0. The maximum atomic E-state index is 13.1. The van der Waals surface area contributed by atoms with Gasteiger partial charge < -0.3 is 5.32 Å². The van der Waals surface area contributed by atoms with Crippen LogP contribution >= 0.6 is 0 Å². The molecule has 1 N–H and O–H groups in total. The molecule has 2 atom stereocenters. The zero-order valence-corrected chi connectivity index (χ0v) is 11.6. The largest absolute Gasteiger partial charge is 0.416 e. The molecule has 0 saturated carbocycles. The normalized spacial score (nSPS) is 26.9. The molecule has 0 bridgehead atoms. The molecule has 0 unspecified atom stereocenters. The standard InChI is InChI=1S/C15H18F4N2/c16-12-4-3-10(13(6-12)15(17,18)19)7-21-8-11-2-1-5-20-14(11)9-21/h3-4,6,11,14,20H,1-2,5,7-9H2/t11-,14+/m0/s1. The highest BCUT2D eigenvalue weighted by molar-refractivity contribution is 5.30. The maximum absolute atomic E-state index is 13.1. The van der Waals surface area contributed by atoms with Gasteiger partial charge in [-0.1, -0.05) is 6.07 Å². The third-order valence-electron chi connectivity index (χ3n) is 4.45. The zero-order valence-electron chi connectivity index (χ0n) is 11.6. The van der Waals surface area contributed by atoms with Crippen molar-refractivity contribution in [3.63, 3.8) is 0 Å². The Labute approximate surface area is 121 Å². The molecule has 2 aliphatic rings. The van der Waals surface area contributed by atoms with Crippen LogP contribution in [0.5, 0.6) is 0 Å². The van der Waals surface area contributed by atoms with Crippen molar-refractivity contribution in [2.24, 2.45) is 5.92 Å². The third-order valence-corrected chi connectivity index (χ3v) is 4.45. The Hall–Kier alpha value is -1.14. The van der Waals surface area contributed by atoms with Crippen molar-refractivity contribution < 1.29 is 17.6 Å². The van der Waals surface area contributed by atoms with E-state index in [-0.39, 0.29) is 12.1 Å². The Bertz CT molecular complexity index is 501. The lowest BCUT2D eigenvalue weighted by atomic mass is 9.94. The Balaban J connectivity index is 1.76. The van der Waals surface area contributed by atoms with Crippen molar-refractivity contribution in [3.8, 4) is 0 Å². The molecule has 3 rings (SSSR count). The van der Waals surface area contributed by atoms with Gasteiger partial charge in [0, 0.05) is 25.7 Å². The second-order valence-electron chi connectivity index (χ2n) is 5.96. The van der Waals surface area contributed by atoms with Gasteiger partial charge in [0.1, 0.15) is 5.82 Å². The predicted octanol–water partition coefficient (Wildman–Crippen LogP) is 3.03. The van der Waals surface area contributed by atoms with Crippen LogP contribution in [-0.2, 0) is 12.7 Å². The molecule has 2 heterocycles. The summed E-state index contributed by atoms with van der Waals surface area (Å²) in [6.07, 6.45) is -2.26. The van der Waals surface area contributed by atoms with E-state index in [0.29, 0.717) is 18.0 Å². The molecule has 2 fully saturated rings. The van der Waals surface area contributed by atoms with Crippen LogP contribution in [0.3, 0.4) is 0 Å². The van der Waals surface area contributed by atoms with Crippen LogP contribution in [0.1, 0.15) is 24.0 Å². The van der Waals surface area contributed by atoms with E-state index >= 15 is 0 Å². The van der Waals surface area contributed by atoms with Gasteiger partial charge in [-0.25, -0.2) is 4.39 Å². The lowest BCUT2D eigenvalue weighted by molar-refractivity contribution is -0.138. The van der Waals surface area contributed by atoms with E-state index in [4.69, 9.17) is 0 Å². The van der Waals surface area contributed by atoms with E-state index < -0.39 is 17.6 Å². The highest BCUT2D eigenvalue weighted by Gasteiger charge is 2.37. The van der Waals surface area contributed by atoms with Gasteiger partial charge in [-0.15, -0.1) is 0 Å². The lowest BCUT2D eigenvalue weighted by Crippen LogP contribution is -2.40.